The number of carbonyl (C=O) groups excluding carboxylic acids is 1. The largest absolute Gasteiger partial charge is 0.494 e. The number of carbonyl (C=O) groups is 1. The summed E-state index contributed by atoms with van der Waals surface area (Å²) in [6.45, 7) is 12.5. The molecule has 4 rings (SSSR count). The van der Waals surface area contributed by atoms with E-state index in [2.05, 4.69) is 24.1 Å². The van der Waals surface area contributed by atoms with Crippen LogP contribution in [0.2, 0.25) is 0 Å². The van der Waals surface area contributed by atoms with Gasteiger partial charge in [0, 0.05) is 6.20 Å². The van der Waals surface area contributed by atoms with E-state index in [0.717, 1.165) is 28.6 Å². The average molecular weight is 471 g/mol. The lowest BCUT2D eigenvalue weighted by Crippen LogP contribution is -2.41. The molecule has 3 aromatic rings. The number of hydrogen-bond donors (Lipinski definition) is 2. The highest BCUT2D eigenvalue weighted by Gasteiger charge is 2.51. The van der Waals surface area contributed by atoms with E-state index >= 15 is 0 Å². The molecule has 0 atom stereocenters. The lowest BCUT2D eigenvalue weighted by molar-refractivity contribution is 0.00578. The number of benzene rings is 2. The number of rotatable bonds is 6. The first-order valence-corrected chi connectivity index (χ1v) is 12.1. The Labute approximate surface area is 208 Å². The summed E-state index contributed by atoms with van der Waals surface area (Å²) in [5, 5.41) is 2.90. The molecule has 35 heavy (non-hydrogen) atoms. The number of aromatic nitrogens is 1. The van der Waals surface area contributed by atoms with E-state index in [9.17, 15) is 4.79 Å². The van der Waals surface area contributed by atoms with Crippen molar-refractivity contribution in [2.24, 2.45) is 5.92 Å². The van der Waals surface area contributed by atoms with Crippen LogP contribution < -0.4 is 16.5 Å². The number of nitrogens with one attached hydrogen (secondary N) is 1. The Bertz CT molecular complexity index is 1190. The Morgan fingerprint density at radius 2 is 1.60 bits per heavy atom. The van der Waals surface area contributed by atoms with E-state index in [1.165, 1.54) is 0 Å². The van der Waals surface area contributed by atoms with Crippen LogP contribution in [0.4, 0.5) is 11.4 Å². The van der Waals surface area contributed by atoms with Gasteiger partial charge in [-0.25, -0.2) is 0 Å². The summed E-state index contributed by atoms with van der Waals surface area (Å²) >= 11 is 0. The van der Waals surface area contributed by atoms with Crippen molar-refractivity contribution in [1.82, 2.24) is 4.98 Å². The molecule has 1 aromatic heterocycles. The summed E-state index contributed by atoms with van der Waals surface area (Å²) < 4.78 is 12.3. The lowest BCUT2D eigenvalue weighted by atomic mass is 9.78. The quantitative estimate of drug-likeness (QED) is 0.387. The third-order valence-electron chi connectivity index (χ3n) is 6.77. The first kappa shape index (κ1) is 25.0. The maximum absolute atomic E-state index is 12.8. The zero-order valence-electron chi connectivity index (χ0n) is 21.4. The highest BCUT2D eigenvalue weighted by atomic mass is 16.7. The second kappa shape index (κ2) is 9.48. The fraction of sp³-hybridized carbons (Fsp3) is 0.357. The predicted octanol–water partition coefficient (Wildman–Crippen LogP) is 5.08. The van der Waals surface area contributed by atoms with Gasteiger partial charge in [-0.05, 0) is 80.4 Å². The molecule has 2 aromatic carbocycles. The fourth-order valence-corrected chi connectivity index (χ4v) is 3.99. The third kappa shape index (κ3) is 5.41. The van der Waals surface area contributed by atoms with Crippen LogP contribution in [0.25, 0.3) is 11.1 Å². The molecule has 7 heteroatoms. The van der Waals surface area contributed by atoms with Gasteiger partial charge in [0.15, 0.2) is 0 Å². The molecule has 0 aliphatic carbocycles. The van der Waals surface area contributed by atoms with Crippen LogP contribution in [0, 0.1) is 5.92 Å². The van der Waals surface area contributed by atoms with Crippen LogP contribution in [-0.4, -0.2) is 29.2 Å². The van der Waals surface area contributed by atoms with E-state index < -0.39 is 7.12 Å². The second-order valence-corrected chi connectivity index (χ2v) is 10.6. The number of nitrogens with zero attached hydrogens (tertiary/aromatic N) is 1. The zero-order chi connectivity index (χ0) is 25.4. The smallest absolute Gasteiger partial charge is 0.399 e. The minimum absolute atomic E-state index is 0.291. The summed E-state index contributed by atoms with van der Waals surface area (Å²) in [5.41, 5.74) is 10.8. The fourth-order valence-electron chi connectivity index (χ4n) is 3.99. The van der Waals surface area contributed by atoms with Gasteiger partial charge in [-0.1, -0.05) is 50.2 Å². The number of amides is 1. The maximum atomic E-state index is 12.8. The molecule has 1 aliphatic heterocycles. The van der Waals surface area contributed by atoms with Gasteiger partial charge in [-0.2, -0.15) is 0 Å². The highest BCUT2D eigenvalue weighted by molar-refractivity contribution is 6.62. The molecule has 1 fully saturated rings. The average Bonchev–Trinajstić information content (AvgIpc) is 3.02. The predicted molar refractivity (Wildman–Crippen MR) is 143 cm³/mol. The minimum atomic E-state index is -0.408. The lowest BCUT2D eigenvalue weighted by Gasteiger charge is -2.32. The van der Waals surface area contributed by atoms with Crippen LogP contribution >= 0.6 is 0 Å². The molecule has 1 amide bonds. The van der Waals surface area contributed by atoms with Gasteiger partial charge in [0.25, 0.3) is 5.91 Å². The van der Waals surface area contributed by atoms with Gasteiger partial charge in [0.1, 0.15) is 5.69 Å². The van der Waals surface area contributed by atoms with Gasteiger partial charge in [0.2, 0.25) is 0 Å². The number of nitrogen functional groups attached to an aromatic ring is 1. The molecule has 0 bridgehead atoms. The molecule has 6 nitrogen and oxygen atoms in total. The summed E-state index contributed by atoms with van der Waals surface area (Å²) in [7, 11) is -0.408. The maximum Gasteiger partial charge on any atom is 0.494 e. The first-order chi connectivity index (χ1) is 16.4. The normalized spacial score (nSPS) is 16.5. The summed E-state index contributed by atoms with van der Waals surface area (Å²) in [6, 6.07) is 17.4. The highest BCUT2D eigenvalue weighted by Crippen LogP contribution is 2.36. The van der Waals surface area contributed by atoms with E-state index in [1.54, 1.807) is 18.3 Å². The number of nitrogens with two attached hydrogens (primary N) is 1. The monoisotopic (exact) mass is 471 g/mol. The Kier molecular flexibility index (Phi) is 6.76. The summed E-state index contributed by atoms with van der Waals surface area (Å²) in [6.07, 6.45) is 2.69. The van der Waals surface area contributed by atoms with Crippen LogP contribution in [-0.2, 0) is 15.7 Å². The van der Waals surface area contributed by atoms with Crippen molar-refractivity contribution in [1.29, 1.82) is 0 Å². The van der Waals surface area contributed by atoms with Gasteiger partial charge in [0.05, 0.1) is 22.6 Å². The molecule has 182 valence electrons. The zero-order valence-corrected chi connectivity index (χ0v) is 21.4. The Balaban J connectivity index is 1.49. The molecular weight excluding hydrogens is 437 g/mol. The van der Waals surface area contributed by atoms with Crippen molar-refractivity contribution >= 4 is 29.9 Å². The minimum Gasteiger partial charge on any atom is -0.399 e. The molecule has 3 N–H and O–H groups in total. The molecule has 0 radical (unpaired) electrons. The molecule has 1 saturated heterocycles. The number of pyridine rings is 1. The Hall–Kier alpha value is -3.16. The van der Waals surface area contributed by atoms with E-state index in [4.69, 9.17) is 15.0 Å². The molecule has 0 unspecified atom stereocenters. The van der Waals surface area contributed by atoms with Crippen LogP contribution in [0.15, 0.2) is 60.8 Å². The van der Waals surface area contributed by atoms with E-state index in [0.29, 0.717) is 23.0 Å². The van der Waals surface area contributed by atoms with Crippen molar-refractivity contribution in [2.75, 3.05) is 11.1 Å². The van der Waals surface area contributed by atoms with Crippen molar-refractivity contribution in [3.05, 3.63) is 72.1 Å². The molecule has 0 spiro atoms. The van der Waals surface area contributed by atoms with Crippen molar-refractivity contribution in [2.45, 2.75) is 59.2 Å². The third-order valence-corrected chi connectivity index (χ3v) is 6.77. The van der Waals surface area contributed by atoms with Gasteiger partial charge >= 0.3 is 7.12 Å². The SMILES string of the molecule is CC(C)Cc1ccc(C(=O)Nc2cc(-c3ccc(B4OC(C)(C)C(C)(C)O4)cc3)ccc2N)nc1. The molecule has 1 aliphatic rings. The Morgan fingerprint density at radius 1 is 0.971 bits per heavy atom. The Morgan fingerprint density at radius 3 is 2.17 bits per heavy atom. The van der Waals surface area contributed by atoms with Gasteiger partial charge in [-0.15, -0.1) is 0 Å². The number of anilines is 2. The molecule has 2 heterocycles. The topological polar surface area (TPSA) is 86.5 Å². The van der Waals surface area contributed by atoms with Crippen LogP contribution in [0.5, 0.6) is 0 Å². The first-order valence-electron chi connectivity index (χ1n) is 12.1. The van der Waals surface area contributed by atoms with Gasteiger partial charge < -0.3 is 20.4 Å². The summed E-state index contributed by atoms with van der Waals surface area (Å²) in [5.74, 6) is 0.242. The van der Waals surface area contributed by atoms with Gasteiger partial charge in [-0.3, -0.25) is 9.78 Å². The van der Waals surface area contributed by atoms with Crippen molar-refractivity contribution in [3.63, 3.8) is 0 Å². The second-order valence-electron chi connectivity index (χ2n) is 10.6. The van der Waals surface area contributed by atoms with Crippen LogP contribution in [0.1, 0.15) is 57.6 Å². The van der Waals surface area contributed by atoms with Crippen molar-refractivity contribution in [3.8, 4) is 11.1 Å². The number of hydrogen-bond acceptors (Lipinski definition) is 5. The van der Waals surface area contributed by atoms with Crippen LogP contribution in [0.3, 0.4) is 0 Å². The summed E-state index contributed by atoms with van der Waals surface area (Å²) in [4.78, 5) is 17.1. The standard InChI is InChI=1S/C28H34BN3O3/c1-18(2)15-19-7-14-24(31-17-19)26(33)32-25-16-21(10-13-23(25)30)20-8-11-22(12-9-20)29-34-27(3,4)28(5,6)35-29/h7-14,16-18H,15,30H2,1-6H3,(H,32,33). The van der Waals surface area contributed by atoms with E-state index in [1.807, 2.05) is 70.2 Å². The van der Waals surface area contributed by atoms with Crippen molar-refractivity contribution < 1.29 is 14.1 Å². The van der Waals surface area contributed by atoms with E-state index in [-0.39, 0.29) is 17.1 Å². The molecular formula is C28H34BN3O3. The molecule has 0 saturated carbocycles.